The minimum absolute atomic E-state index is 0.0695. The van der Waals surface area contributed by atoms with Gasteiger partial charge in [0.15, 0.2) is 15.5 Å². The van der Waals surface area contributed by atoms with E-state index in [4.69, 9.17) is 0 Å². The highest BCUT2D eigenvalue weighted by molar-refractivity contribution is 7.90. The summed E-state index contributed by atoms with van der Waals surface area (Å²) in [5.41, 5.74) is 0.459. The molecule has 1 rings (SSSR count). The fourth-order valence-corrected chi connectivity index (χ4v) is 3.09. The van der Waals surface area contributed by atoms with Crippen molar-refractivity contribution in [2.75, 3.05) is 12.9 Å². The van der Waals surface area contributed by atoms with Crippen molar-refractivity contribution in [3.63, 3.8) is 0 Å². The number of pyridine rings is 1. The molecule has 6 heteroatoms. The lowest BCUT2D eigenvalue weighted by molar-refractivity contribution is 0.0593. The Kier molecular flexibility index (Phi) is 5.27. The van der Waals surface area contributed by atoms with Gasteiger partial charge in [0, 0.05) is 11.8 Å². The third kappa shape index (κ3) is 4.10. The standard InChI is InChI=1S/C12H17NO4S/c1-3-4-8-18(15,16)9-10-6-5-7-13-11(10)12(14)17-2/h5-7H,3-4,8-9H2,1-2H3. The molecule has 0 aliphatic rings. The number of nitrogens with zero attached hydrogens (tertiary/aromatic N) is 1. The normalized spacial score (nSPS) is 11.2. The summed E-state index contributed by atoms with van der Waals surface area (Å²) in [4.78, 5) is 15.3. The summed E-state index contributed by atoms with van der Waals surface area (Å²) in [7, 11) is -1.97. The van der Waals surface area contributed by atoms with Gasteiger partial charge < -0.3 is 4.74 Å². The predicted molar refractivity (Wildman–Crippen MR) is 68.0 cm³/mol. The van der Waals surface area contributed by atoms with Gasteiger partial charge in [0.1, 0.15) is 0 Å². The Hall–Kier alpha value is -1.43. The van der Waals surface area contributed by atoms with Crippen LogP contribution >= 0.6 is 0 Å². The largest absolute Gasteiger partial charge is 0.464 e. The number of esters is 1. The van der Waals surface area contributed by atoms with Crippen molar-refractivity contribution in [1.82, 2.24) is 4.98 Å². The molecule has 0 N–H and O–H groups in total. The van der Waals surface area contributed by atoms with Crippen molar-refractivity contribution in [2.45, 2.75) is 25.5 Å². The van der Waals surface area contributed by atoms with E-state index in [0.717, 1.165) is 6.42 Å². The smallest absolute Gasteiger partial charge is 0.356 e. The molecule has 0 amide bonds. The van der Waals surface area contributed by atoms with Crippen LogP contribution in [-0.4, -0.2) is 32.2 Å². The summed E-state index contributed by atoms with van der Waals surface area (Å²) in [6.07, 6.45) is 2.88. The molecule has 1 heterocycles. The molecular weight excluding hydrogens is 254 g/mol. The second kappa shape index (κ2) is 6.49. The molecule has 18 heavy (non-hydrogen) atoms. The molecule has 0 saturated carbocycles. The lowest BCUT2D eigenvalue weighted by atomic mass is 10.2. The summed E-state index contributed by atoms with van der Waals surface area (Å²) in [6, 6.07) is 3.19. The SMILES string of the molecule is CCCCS(=O)(=O)Cc1cccnc1C(=O)OC. The van der Waals surface area contributed by atoms with Crippen LogP contribution in [0.4, 0.5) is 0 Å². The average Bonchev–Trinajstić information content (AvgIpc) is 2.36. The van der Waals surface area contributed by atoms with Crippen LogP contribution < -0.4 is 0 Å². The molecule has 0 atom stereocenters. The Morgan fingerprint density at radius 3 is 2.78 bits per heavy atom. The second-order valence-electron chi connectivity index (χ2n) is 3.95. The minimum atomic E-state index is -3.21. The molecule has 0 unspecified atom stereocenters. The first kappa shape index (κ1) is 14.6. The molecule has 100 valence electrons. The molecular formula is C12H17NO4S. The Morgan fingerprint density at radius 2 is 2.17 bits per heavy atom. The number of rotatable bonds is 6. The maximum atomic E-state index is 11.8. The maximum Gasteiger partial charge on any atom is 0.356 e. The Bertz CT molecular complexity index is 511. The highest BCUT2D eigenvalue weighted by Crippen LogP contribution is 2.12. The van der Waals surface area contributed by atoms with Crippen molar-refractivity contribution in [3.8, 4) is 0 Å². The summed E-state index contributed by atoms with van der Waals surface area (Å²) >= 11 is 0. The topological polar surface area (TPSA) is 73.3 Å². The van der Waals surface area contributed by atoms with E-state index < -0.39 is 15.8 Å². The monoisotopic (exact) mass is 271 g/mol. The van der Waals surface area contributed by atoms with Crippen LogP contribution in [0.2, 0.25) is 0 Å². The number of hydrogen-bond acceptors (Lipinski definition) is 5. The van der Waals surface area contributed by atoms with Gasteiger partial charge in [0.05, 0.1) is 18.6 Å². The summed E-state index contributed by atoms with van der Waals surface area (Å²) in [6.45, 7) is 1.93. The number of aromatic nitrogens is 1. The fraction of sp³-hybridized carbons (Fsp3) is 0.500. The zero-order chi connectivity index (χ0) is 13.6. The van der Waals surface area contributed by atoms with Gasteiger partial charge in [-0.3, -0.25) is 0 Å². The molecule has 1 aromatic heterocycles. The molecule has 0 aromatic carbocycles. The minimum Gasteiger partial charge on any atom is -0.464 e. The lowest BCUT2D eigenvalue weighted by Gasteiger charge is -2.07. The number of methoxy groups -OCH3 is 1. The third-order valence-electron chi connectivity index (χ3n) is 2.45. The quantitative estimate of drug-likeness (QED) is 0.734. The first-order chi connectivity index (χ1) is 8.50. The maximum absolute atomic E-state index is 11.8. The van der Waals surface area contributed by atoms with E-state index in [2.05, 4.69) is 9.72 Å². The van der Waals surface area contributed by atoms with Crippen molar-refractivity contribution in [3.05, 3.63) is 29.6 Å². The molecule has 0 fully saturated rings. The van der Waals surface area contributed by atoms with Gasteiger partial charge in [-0.15, -0.1) is 0 Å². The first-order valence-electron chi connectivity index (χ1n) is 5.72. The van der Waals surface area contributed by atoms with E-state index in [1.807, 2.05) is 6.92 Å². The van der Waals surface area contributed by atoms with Gasteiger partial charge in [-0.1, -0.05) is 19.4 Å². The molecule has 1 aromatic rings. The van der Waals surface area contributed by atoms with E-state index in [1.54, 1.807) is 12.1 Å². The molecule has 0 bridgehead atoms. The Labute approximate surface area is 107 Å². The predicted octanol–water partition coefficient (Wildman–Crippen LogP) is 1.58. The van der Waals surface area contributed by atoms with Crippen LogP contribution in [0.5, 0.6) is 0 Å². The van der Waals surface area contributed by atoms with Crippen LogP contribution in [0.1, 0.15) is 35.8 Å². The van der Waals surface area contributed by atoms with Crippen LogP contribution in [0.25, 0.3) is 0 Å². The molecule has 0 aliphatic carbocycles. The van der Waals surface area contributed by atoms with E-state index >= 15 is 0 Å². The van der Waals surface area contributed by atoms with Gasteiger partial charge in [0.2, 0.25) is 0 Å². The van der Waals surface area contributed by atoms with Gasteiger partial charge in [0.25, 0.3) is 0 Å². The third-order valence-corrected chi connectivity index (χ3v) is 4.12. The highest BCUT2D eigenvalue weighted by Gasteiger charge is 2.18. The van der Waals surface area contributed by atoms with E-state index in [9.17, 15) is 13.2 Å². The number of carbonyl (C=O) groups excluding carboxylic acids is 1. The van der Waals surface area contributed by atoms with Crippen molar-refractivity contribution >= 4 is 15.8 Å². The van der Waals surface area contributed by atoms with Gasteiger partial charge >= 0.3 is 5.97 Å². The number of unbranched alkanes of at least 4 members (excludes halogenated alkanes) is 1. The van der Waals surface area contributed by atoms with E-state index in [-0.39, 0.29) is 17.2 Å². The average molecular weight is 271 g/mol. The fourth-order valence-electron chi connectivity index (χ4n) is 1.51. The zero-order valence-corrected chi connectivity index (χ0v) is 11.4. The van der Waals surface area contributed by atoms with E-state index in [1.165, 1.54) is 13.3 Å². The summed E-state index contributed by atoms with van der Waals surface area (Å²) < 4.78 is 28.3. The first-order valence-corrected chi connectivity index (χ1v) is 7.55. The second-order valence-corrected chi connectivity index (χ2v) is 6.13. The summed E-state index contributed by atoms with van der Waals surface area (Å²) in [5.74, 6) is -0.666. The van der Waals surface area contributed by atoms with Crippen LogP contribution in [0, 0.1) is 0 Å². The van der Waals surface area contributed by atoms with Crippen molar-refractivity contribution in [2.24, 2.45) is 0 Å². The number of ether oxygens (including phenoxy) is 1. The molecule has 0 spiro atoms. The molecule has 5 nitrogen and oxygen atoms in total. The Balaban J connectivity index is 2.94. The van der Waals surface area contributed by atoms with Crippen LogP contribution in [0.15, 0.2) is 18.3 Å². The van der Waals surface area contributed by atoms with Gasteiger partial charge in [-0.2, -0.15) is 0 Å². The zero-order valence-electron chi connectivity index (χ0n) is 10.5. The Morgan fingerprint density at radius 1 is 1.44 bits per heavy atom. The lowest BCUT2D eigenvalue weighted by Crippen LogP contribution is -2.14. The van der Waals surface area contributed by atoms with Crippen LogP contribution in [0.3, 0.4) is 0 Å². The molecule has 0 radical (unpaired) electrons. The van der Waals surface area contributed by atoms with Crippen molar-refractivity contribution in [1.29, 1.82) is 0 Å². The summed E-state index contributed by atoms with van der Waals surface area (Å²) in [5, 5.41) is 0. The highest BCUT2D eigenvalue weighted by atomic mass is 32.2. The molecule has 0 saturated heterocycles. The number of hydrogen-bond donors (Lipinski definition) is 0. The van der Waals surface area contributed by atoms with E-state index in [0.29, 0.717) is 12.0 Å². The van der Waals surface area contributed by atoms with Gasteiger partial charge in [-0.05, 0) is 12.5 Å². The molecule has 0 aliphatic heterocycles. The number of carbonyl (C=O) groups is 1. The number of sulfone groups is 1. The van der Waals surface area contributed by atoms with Crippen molar-refractivity contribution < 1.29 is 17.9 Å². The van der Waals surface area contributed by atoms with Crippen LogP contribution in [-0.2, 0) is 20.3 Å². The van der Waals surface area contributed by atoms with Gasteiger partial charge in [-0.25, -0.2) is 18.2 Å².